The van der Waals surface area contributed by atoms with Crippen LogP contribution in [0.2, 0.25) is 0 Å². The number of aryl methyl sites for hydroxylation is 1. The van der Waals surface area contributed by atoms with Gasteiger partial charge in [-0.05, 0) is 43.7 Å². The topological polar surface area (TPSA) is 77.9 Å². The van der Waals surface area contributed by atoms with Gasteiger partial charge < -0.3 is 14.9 Å². The maximum absolute atomic E-state index is 13.8. The zero-order valence-corrected chi connectivity index (χ0v) is 16.6. The highest BCUT2D eigenvalue weighted by Crippen LogP contribution is 2.20. The van der Waals surface area contributed by atoms with E-state index in [1.54, 1.807) is 23.1 Å². The molecule has 2 amide bonds. The predicted octanol–water partition coefficient (Wildman–Crippen LogP) is 2.71. The number of carboxylic acid groups (broad SMARTS) is 1. The van der Waals surface area contributed by atoms with Crippen molar-refractivity contribution < 1.29 is 23.9 Å². The van der Waals surface area contributed by atoms with Gasteiger partial charge in [-0.1, -0.05) is 25.1 Å². The molecule has 1 fully saturated rings. The van der Waals surface area contributed by atoms with Crippen LogP contribution in [0.1, 0.15) is 45.1 Å². The van der Waals surface area contributed by atoms with Crippen molar-refractivity contribution in [1.29, 1.82) is 0 Å². The summed E-state index contributed by atoms with van der Waals surface area (Å²) in [6.07, 6.45) is 3.05. The van der Waals surface area contributed by atoms with Gasteiger partial charge in [-0.3, -0.25) is 14.4 Å². The summed E-state index contributed by atoms with van der Waals surface area (Å²) in [6.45, 7) is 4.02. The van der Waals surface area contributed by atoms with Gasteiger partial charge in [0.25, 0.3) is 0 Å². The van der Waals surface area contributed by atoms with Gasteiger partial charge in [0.2, 0.25) is 11.8 Å². The fourth-order valence-corrected chi connectivity index (χ4v) is 3.76. The van der Waals surface area contributed by atoms with Gasteiger partial charge >= 0.3 is 5.97 Å². The highest BCUT2D eigenvalue weighted by molar-refractivity contribution is 5.80. The lowest BCUT2D eigenvalue weighted by Gasteiger charge is -2.29. The number of hydrogen-bond acceptors (Lipinski definition) is 3. The molecule has 1 aromatic carbocycles. The Morgan fingerprint density at radius 2 is 1.96 bits per heavy atom. The number of carbonyl (C=O) groups excluding carboxylic acids is 2. The van der Waals surface area contributed by atoms with E-state index in [9.17, 15) is 18.8 Å². The van der Waals surface area contributed by atoms with E-state index in [1.165, 1.54) is 17.9 Å². The molecule has 2 unspecified atom stereocenters. The second-order valence-corrected chi connectivity index (χ2v) is 7.48. The molecule has 1 aromatic rings. The Morgan fingerprint density at radius 1 is 1.25 bits per heavy atom. The largest absolute Gasteiger partial charge is 0.480 e. The lowest BCUT2D eigenvalue weighted by molar-refractivity contribution is -0.145. The Hall–Kier alpha value is -2.44. The van der Waals surface area contributed by atoms with Gasteiger partial charge in [0.1, 0.15) is 12.4 Å². The normalized spacial score (nSPS) is 18.2. The molecule has 0 saturated carbocycles. The summed E-state index contributed by atoms with van der Waals surface area (Å²) in [4.78, 5) is 38.8. The molecular weight excluding hydrogens is 363 g/mol. The molecule has 1 heterocycles. The number of nitrogens with zero attached hydrogens (tertiary/aromatic N) is 2. The van der Waals surface area contributed by atoms with Crippen LogP contribution in [0.5, 0.6) is 0 Å². The molecule has 28 heavy (non-hydrogen) atoms. The molecule has 1 aliphatic heterocycles. The minimum Gasteiger partial charge on any atom is -0.480 e. The van der Waals surface area contributed by atoms with Crippen molar-refractivity contribution in [3.63, 3.8) is 0 Å². The number of likely N-dealkylation sites (tertiary alicyclic amines) is 1. The van der Waals surface area contributed by atoms with Crippen LogP contribution in [0, 0.1) is 11.7 Å². The number of rotatable bonds is 7. The van der Waals surface area contributed by atoms with E-state index in [4.69, 9.17) is 5.11 Å². The van der Waals surface area contributed by atoms with Crippen molar-refractivity contribution in [2.45, 2.75) is 52.0 Å². The Balaban J connectivity index is 1.91. The van der Waals surface area contributed by atoms with Crippen LogP contribution >= 0.6 is 0 Å². The minimum atomic E-state index is -1.03. The smallest absolute Gasteiger partial charge is 0.323 e. The molecule has 6 nitrogen and oxygen atoms in total. The molecule has 154 valence electrons. The van der Waals surface area contributed by atoms with Crippen molar-refractivity contribution in [1.82, 2.24) is 9.80 Å². The summed E-state index contributed by atoms with van der Waals surface area (Å²) in [5.41, 5.74) is 0.615. The second-order valence-electron chi connectivity index (χ2n) is 7.48. The van der Waals surface area contributed by atoms with Crippen LogP contribution in [0.25, 0.3) is 0 Å². The summed E-state index contributed by atoms with van der Waals surface area (Å²) in [5.74, 6) is -1.73. The first-order valence-electron chi connectivity index (χ1n) is 9.80. The lowest BCUT2D eigenvalue weighted by Crippen LogP contribution is -2.43. The third-order valence-electron chi connectivity index (χ3n) is 5.39. The van der Waals surface area contributed by atoms with Crippen LogP contribution in [-0.2, 0) is 20.8 Å². The fourth-order valence-electron chi connectivity index (χ4n) is 3.76. The Labute approximate surface area is 165 Å². The van der Waals surface area contributed by atoms with Crippen LogP contribution in [0.15, 0.2) is 24.3 Å². The number of benzene rings is 1. The number of amides is 2. The van der Waals surface area contributed by atoms with Gasteiger partial charge in [0.05, 0.1) is 0 Å². The Bertz CT molecular complexity index is 709. The summed E-state index contributed by atoms with van der Waals surface area (Å²) in [6, 6.07) is 6.43. The molecule has 0 aliphatic carbocycles. The number of carboxylic acids is 1. The van der Waals surface area contributed by atoms with E-state index in [-0.39, 0.29) is 36.1 Å². The number of carbonyl (C=O) groups is 3. The molecule has 2 atom stereocenters. The monoisotopic (exact) mass is 392 g/mol. The van der Waals surface area contributed by atoms with Crippen molar-refractivity contribution in [3.8, 4) is 0 Å². The minimum absolute atomic E-state index is 0.0320. The zero-order chi connectivity index (χ0) is 20.7. The third-order valence-corrected chi connectivity index (χ3v) is 5.39. The van der Waals surface area contributed by atoms with E-state index in [1.807, 2.05) is 6.92 Å². The van der Waals surface area contributed by atoms with Gasteiger partial charge in [-0.15, -0.1) is 0 Å². The van der Waals surface area contributed by atoms with Gasteiger partial charge in [-0.2, -0.15) is 0 Å². The predicted molar refractivity (Wildman–Crippen MR) is 103 cm³/mol. The van der Waals surface area contributed by atoms with E-state index < -0.39 is 5.97 Å². The molecule has 7 heteroatoms. The average Bonchev–Trinajstić information content (AvgIpc) is 2.90. The molecule has 2 rings (SSSR count). The van der Waals surface area contributed by atoms with Gasteiger partial charge in [0, 0.05) is 32.0 Å². The van der Waals surface area contributed by atoms with Crippen molar-refractivity contribution >= 4 is 17.8 Å². The molecular formula is C21H29FN2O4. The lowest BCUT2D eigenvalue weighted by atomic mass is 9.99. The SMILES string of the molecule is CC(=O)N(CC(=O)O)C1CCCN(C(=O)C(C)CCc2ccccc2F)CC1. The highest BCUT2D eigenvalue weighted by atomic mass is 19.1. The summed E-state index contributed by atoms with van der Waals surface area (Å²) in [7, 11) is 0. The zero-order valence-electron chi connectivity index (χ0n) is 16.6. The van der Waals surface area contributed by atoms with Crippen molar-refractivity contribution in [2.24, 2.45) is 5.92 Å². The first-order chi connectivity index (χ1) is 13.3. The van der Waals surface area contributed by atoms with Crippen molar-refractivity contribution in [3.05, 3.63) is 35.6 Å². The summed E-state index contributed by atoms with van der Waals surface area (Å²) >= 11 is 0. The first kappa shape index (κ1) is 21.9. The van der Waals surface area contributed by atoms with E-state index in [0.717, 1.165) is 6.42 Å². The molecule has 0 radical (unpaired) electrons. The maximum atomic E-state index is 13.8. The quantitative estimate of drug-likeness (QED) is 0.774. The number of aliphatic carboxylic acids is 1. The molecule has 0 spiro atoms. The average molecular weight is 392 g/mol. The summed E-state index contributed by atoms with van der Waals surface area (Å²) in [5, 5.41) is 9.03. The highest BCUT2D eigenvalue weighted by Gasteiger charge is 2.29. The Morgan fingerprint density at radius 3 is 2.61 bits per heavy atom. The molecule has 0 aromatic heterocycles. The van der Waals surface area contributed by atoms with E-state index >= 15 is 0 Å². The van der Waals surface area contributed by atoms with Gasteiger partial charge in [0.15, 0.2) is 0 Å². The van der Waals surface area contributed by atoms with E-state index in [0.29, 0.717) is 44.3 Å². The fraction of sp³-hybridized carbons (Fsp3) is 0.571. The van der Waals surface area contributed by atoms with Crippen LogP contribution < -0.4 is 0 Å². The molecule has 1 saturated heterocycles. The van der Waals surface area contributed by atoms with Crippen LogP contribution in [-0.4, -0.2) is 58.4 Å². The first-order valence-corrected chi connectivity index (χ1v) is 9.80. The third kappa shape index (κ3) is 6.04. The number of halogens is 1. The molecule has 1 N–H and O–H groups in total. The van der Waals surface area contributed by atoms with Crippen molar-refractivity contribution in [2.75, 3.05) is 19.6 Å². The van der Waals surface area contributed by atoms with Crippen LogP contribution in [0.3, 0.4) is 0 Å². The summed E-state index contributed by atoms with van der Waals surface area (Å²) < 4.78 is 13.8. The molecule has 1 aliphatic rings. The second kappa shape index (κ2) is 10.2. The van der Waals surface area contributed by atoms with Gasteiger partial charge in [-0.25, -0.2) is 4.39 Å². The maximum Gasteiger partial charge on any atom is 0.323 e. The standard InChI is InChI=1S/C21H29FN2O4/c1-15(9-10-17-6-3-4-8-19(17)22)21(28)23-12-5-7-18(11-13-23)24(16(2)25)14-20(26)27/h3-4,6,8,15,18H,5,7,9-14H2,1-2H3,(H,26,27). The molecule has 0 bridgehead atoms. The number of hydrogen-bond donors (Lipinski definition) is 1. The van der Waals surface area contributed by atoms with Crippen LogP contribution in [0.4, 0.5) is 4.39 Å². The Kier molecular flexibility index (Phi) is 7.96. The van der Waals surface area contributed by atoms with E-state index in [2.05, 4.69) is 0 Å².